The van der Waals surface area contributed by atoms with Gasteiger partial charge >= 0.3 is 5.97 Å². The van der Waals surface area contributed by atoms with Crippen molar-refractivity contribution in [1.29, 1.82) is 0 Å². The second kappa shape index (κ2) is 10.0. The third kappa shape index (κ3) is 4.67. The number of aromatic carboxylic acids is 1. The van der Waals surface area contributed by atoms with E-state index in [1.165, 1.54) is 6.20 Å². The number of hydrogen-bond donors (Lipinski definition) is 1. The van der Waals surface area contributed by atoms with Gasteiger partial charge in [-0.2, -0.15) is 5.10 Å². The molecule has 2 aliphatic rings. The molecule has 0 spiro atoms. The fourth-order valence-electron chi connectivity index (χ4n) is 6.17. The monoisotopic (exact) mass is 542 g/mol. The molecule has 1 saturated carbocycles. The second-order valence-electron chi connectivity index (χ2n) is 11.3. The first kappa shape index (κ1) is 25.9. The molecular formula is C30H31FN6O3. The molecule has 2 unspecified atom stereocenters. The van der Waals surface area contributed by atoms with Crippen LogP contribution in [-0.2, 0) is 7.05 Å². The van der Waals surface area contributed by atoms with Crippen LogP contribution < -0.4 is 0 Å². The van der Waals surface area contributed by atoms with Gasteiger partial charge in [-0.1, -0.05) is 43.3 Å². The molecule has 1 aliphatic carbocycles. The molecule has 9 nitrogen and oxygen atoms in total. The summed E-state index contributed by atoms with van der Waals surface area (Å²) in [6.07, 6.45) is 4.99. The summed E-state index contributed by atoms with van der Waals surface area (Å²) in [5.74, 6) is -1.21. The van der Waals surface area contributed by atoms with E-state index in [9.17, 15) is 14.7 Å². The minimum Gasteiger partial charge on any atom is -0.478 e. The summed E-state index contributed by atoms with van der Waals surface area (Å²) in [4.78, 5) is 27.2. The smallest absolute Gasteiger partial charge is 0.339 e. The summed E-state index contributed by atoms with van der Waals surface area (Å²) in [7, 11) is 1.79. The first-order chi connectivity index (χ1) is 19.2. The Kier molecular flexibility index (Phi) is 6.48. The van der Waals surface area contributed by atoms with Crippen molar-refractivity contribution in [2.24, 2.45) is 18.9 Å². The van der Waals surface area contributed by atoms with Gasteiger partial charge in [0.15, 0.2) is 0 Å². The Bertz CT molecular complexity index is 1600. The highest BCUT2D eigenvalue weighted by Crippen LogP contribution is 2.55. The number of carbonyl (C=O) groups excluding carboxylic acids is 1. The number of piperidine rings is 1. The third-order valence-electron chi connectivity index (χ3n) is 7.97. The van der Waals surface area contributed by atoms with E-state index in [0.717, 1.165) is 18.5 Å². The lowest BCUT2D eigenvalue weighted by Gasteiger charge is -2.35. The molecule has 1 N–H and O–H groups in total. The highest BCUT2D eigenvalue weighted by atomic mass is 19.1. The van der Waals surface area contributed by atoms with Crippen molar-refractivity contribution in [2.75, 3.05) is 13.1 Å². The average molecular weight is 543 g/mol. The van der Waals surface area contributed by atoms with Crippen LogP contribution in [0.25, 0.3) is 16.8 Å². The van der Waals surface area contributed by atoms with Gasteiger partial charge in [-0.15, -0.1) is 5.10 Å². The van der Waals surface area contributed by atoms with Crippen LogP contribution in [0.5, 0.6) is 0 Å². The third-order valence-corrected chi connectivity index (χ3v) is 7.97. The van der Waals surface area contributed by atoms with E-state index >= 15 is 4.39 Å². The van der Waals surface area contributed by atoms with E-state index in [4.69, 9.17) is 0 Å². The molecule has 2 aromatic carbocycles. The summed E-state index contributed by atoms with van der Waals surface area (Å²) < 4.78 is 19.1. The van der Waals surface area contributed by atoms with Gasteiger partial charge < -0.3 is 10.0 Å². The number of likely N-dealkylation sites (tertiary alicyclic amines) is 1. The highest BCUT2D eigenvalue weighted by molar-refractivity contribution is 5.96. The van der Waals surface area contributed by atoms with E-state index in [-0.39, 0.29) is 28.9 Å². The average Bonchev–Trinajstić information content (AvgIpc) is 3.37. The highest BCUT2D eigenvalue weighted by Gasteiger charge is 2.46. The fourth-order valence-corrected chi connectivity index (χ4v) is 6.17. The van der Waals surface area contributed by atoms with Crippen molar-refractivity contribution in [3.8, 4) is 16.8 Å². The first-order valence-electron chi connectivity index (χ1n) is 13.6. The van der Waals surface area contributed by atoms with Gasteiger partial charge in [-0.3, -0.25) is 9.48 Å². The molecule has 1 aliphatic heterocycles. The largest absolute Gasteiger partial charge is 0.478 e. The minimum absolute atomic E-state index is 0.0470. The van der Waals surface area contributed by atoms with Crippen molar-refractivity contribution in [3.05, 3.63) is 83.2 Å². The molecule has 2 fully saturated rings. The number of carbonyl (C=O) groups is 2. The molecule has 3 heterocycles. The van der Waals surface area contributed by atoms with Gasteiger partial charge in [0.05, 0.1) is 28.8 Å². The van der Waals surface area contributed by atoms with Crippen molar-refractivity contribution >= 4 is 11.9 Å². The maximum atomic E-state index is 15.9. The fraction of sp³-hybridized carbons (Fsp3) is 0.367. The van der Waals surface area contributed by atoms with Crippen LogP contribution >= 0.6 is 0 Å². The Morgan fingerprint density at radius 2 is 1.75 bits per heavy atom. The number of hydrogen-bond acceptors (Lipinski definition) is 5. The number of carboxylic acid groups (broad SMARTS) is 1. The van der Waals surface area contributed by atoms with Crippen LogP contribution in [0, 0.1) is 17.7 Å². The molecule has 4 aromatic rings. The van der Waals surface area contributed by atoms with Crippen molar-refractivity contribution in [2.45, 2.75) is 38.5 Å². The van der Waals surface area contributed by atoms with Gasteiger partial charge in [0.2, 0.25) is 0 Å². The molecule has 10 heteroatoms. The van der Waals surface area contributed by atoms with Crippen LogP contribution in [0.4, 0.5) is 4.39 Å². The zero-order valence-corrected chi connectivity index (χ0v) is 22.7. The second-order valence-corrected chi connectivity index (χ2v) is 11.3. The van der Waals surface area contributed by atoms with E-state index < -0.39 is 11.8 Å². The maximum Gasteiger partial charge on any atom is 0.339 e. The SMILES string of the molecule is CC1CC(C)CN(C(=O)c2cccc(-c3cccc(-n4ncc(C(=O)O)c4[C@@H]4C[C@H]4c4cn(C)nn4)c3)c2F)C1. The number of halogens is 1. The predicted octanol–water partition coefficient (Wildman–Crippen LogP) is 4.89. The lowest BCUT2D eigenvalue weighted by Crippen LogP contribution is -2.42. The number of nitrogens with zero attached hydrogens (tertiary/aromatic N) is 6. The zero-order chi connectivity index (χ0) is 28.1. The molecule has 2 aromatic heterocycles. The number of benzene rings is 2. The normalized spacial score (nSPS) is 22.4. The van der Waals surface area contributed by atoms with Crippen LogP contribution in [0.15, 0.2) is 54.9 Å². The van der Waals surface area contributed by atoms with Crippen molar-refractivity contribution in [1.82, 2.24) is 29.7 Å². The summed E-state index contributed by atoms with van der Waals surface area (Å²) in [5.41, 5.74) is 3.07. The molecule has 206 valence electrons. The van der Waals surface area contributed by atoms with Gasteiger partial charge in [0.25, 0.3) is 5.91 Å². The molecule has 40 heavy (non-hydrogen) atoms. The predicted molar refractivity (Wildman–Crippen MR) is 146 cm³/mol. The van der Waals surface area contributed by atoms with Gasteiger partial charge in [-0.25, -0.2) is 13.9 Å². The number of carboxylic acids is 1. The van der Waals surface area contributed by atoms with Gasteiger partial charge in [0, 0.05) is 43.7 Å². The molecule has 0 radical (unpaired) electrons. The Morgan fingerprint density at radius 3 is 2.45 bits per heavy atom. The number of rotatable bonds is 6. The molecule has 1 saturated heterocycles. The van der Waals surface area contributed by atoms with E-state index in [1.807, 2.05) is 12.3 Å². The standard InChI is InChI=1S/C30H31FN6O3/c1-17-10-18(2)15-36(14-17)29(38)22-9-5-8-21(27(22)31)19-6-4-7-20(11-19)37-28(25(13-32-37)30(39)40)24-12-23(24)26-16-35(3)34-33-26/h4-9,11,13,16-18,23-24H,10,12,14-15H2,1-3H3,(H,39,40)/t17?,18?,23-,24-/m1/s1. The minimum atomic E-state index is -1.05. The van der Waals surface area contributed by atoms with Crippen LogP contribution in [0.1, 0.15) is 70.6 Å². The van der Waals surface area contributed by atoms with Gasteiger partial charge in [-0.05, 0) is 48.4 Å². The Hall–Kier alpha value is -4.34. The molecule has 0 bridgehead atoms. The number of amides is 1. The quantitative estimate of drug-likeness (QED) is 0.372. The molecular weight excluding hydrogens is 511 g/mol. The van der Waals surface area contributed by atoms with E-state index in [0.29, 0.717) is 47.4 Å². The molecule has 1 amide bonds. The zero-order valence-electron chi connectivity index (χ0n) is 22.7. The Morgan fingerprint density at radius 1 is 1.00 bits per heavy atom. The Labute approximate surface area is 231 Å². The summed E-state index contributed by atoms with van der Waals surface area (Å²) in [5, 5.41) is 22.5. The topological polar surface area (TPSA) is 106 Å². The lowest BCUT2D eigenvalue weighted by atomic mass is 9.91. The molecule has 6 rings (SSSR count). The van der Waals surface area contributed by atoms with Crippen LogP contribution in [0.2, 0.25) is 0 Å². The van der Waals surface area contributed by atoms with Crippen molar-refractivity contribution in [3.63, 3.8) is 0 Å². The van der Waals surface area contributed by atoms with Crippen LogP contribution in [-0.4, -0.2) is 59.7 Å². The molecule has 4 atom stereocenters. The van der Waals surface area contributed by atoms with Crippen molar-refractivity contribution < 1.29 is 19.1 Å². The van der Waals surface area contributed by atoms with Crippen LogP contribution in [0.3, 0.4) is 0 Å². The summed E-state index contributed by atoms with van der Waals surface area (Å²) in [6, 6.07) is 12.1. The van der Waals surface area contributed by atoms with E-state index in [2.05, 4.69) is 29.3 Å². The summed E-state index contributed by atoms with van der Waals surface area (Å²) >= 11 is 0. The number of aromatic nitrogens is 5. The number of aryl methyl sites for hydroxylation is 1. The first-order valence-corrected chi connectivity index (χ1v) is 13.6. The summed E-state index contributed by atoms with van der Waals surface area (Å²) in [6.45, 7) is 5.47. The van der Waals surface area contributed by atoms with Gasteiger partial charge in [0.1, 0.15) is 11.4 Å². The Balaban J connectivity index is 1.34. The van der Waals surface area contributed by atoms with E-state index in [1.54, 1.807) is 57.7 Å². The maximum absolute atomic E-state index is 15.9. The lowest BCUT2D eigenvalue weighted by molar-refractivity contribution is 0.0617.